The first-order valence-corrected chi connectivity index (χ1v) is 7.25. The first kappa shape index (κ1) is 15.5. The summed E-state index contributed by atoms with van der Waals surface area (Å²) < 4.78 is 5.27. The van der Waals surface area contributed by atoms with E-state index in [1.54, 1.807) is 50.2 Å². The van der Waals surface area contributed by atoms with Crippen LogP contribution >= 0.6 is 0 Å². The number of carbonyl (C=O) groups is 2. The van der Waals surface area contributed by atoms with Crippen LogP contribution in [-0.2, 0) is 0 Å². The molecule has 0 saturated carbocycles. The highest BCUT2D eigenvalue weighted by Gasteiger charge is 2.15. The molecule has 1 aromatic carbocycles. The summed E-state index contributed by atoms with van der Waals surface area (Å²) in [6.45, 7) is 3.38. The predicted molar refractivity (Wildman–Crippen MR) is 87.7 cm³/mol. The van der Waals surface area contributed by atoms with Crippen LogP contribution in [0.25, 0.3) is 10.8 Å². The number of fused-ring (bicyclic) bond motifs is 1. The van der Waals surface area contributed by atoms with Gasteiger partial charge in [-0.25, -0.2) is 0 Å². The molecule has 3 N–H and O–H groups in total. The molecule has 0 aliphatic heterocycles. The molecule has 0 fully saturated rings. The zero-order valence-electron chi connectivity index (χ0n) is 13.1. The van der Waals surface area contributed by atoms with E-state index in [0.717, 1.165) is 0 Å². The fraction of sp³-hybridized carbons (Fsp3) is 0.118. The Morgan fingerprint density at radius 3 is 2.46 bits per heavy atom. The molecule has 3 rings (SSSR count). The number of aromatic amines is 1. The molecule has 122 valence electrons. The number of amides is 2. The van der Waals surface area contributed by atoms with Crippen LogP contribution in [-0.4, -0.2) is 16.8 Å². The quantitative estimate of drug-likeness (QED) is 0.625. The van der Waals surface area contributed by atoms with Gasteiger partial charge in [-0.1, -0.05) is 18.2 Å². The van der Waals surface area contributed by atoms with Crippen molar-refractivity contribution in [1.29, 1.82) is 0 Å². The fourth-order valence-electron chi connectivity index (χ4n) is 2.44. The van der Waals surface area contributed by atoms with Gasteiger partial charge in [0.1, 0.15) is 17.2 Å². The van der Waals surface area contributed by atoms with E-state index in [4.69, 9.17) is 4.42 Å². The lowest BCUT2D eigenvalue weighted by atomic mass is 10.1. The minimum absolute atomic E-state index is 0.0547. The lowest BCUT2D eigenvalue weighted by molar-refractivity contribution is 0.0843. The third-order valence-electron chi connectivity index (χ3n) is 3.57. The number of hydrazine groups is 1. The maximum Gasteiger partial charge on any atom is 0.286 e. The van der Waals surface area contributed by atoms with Crippen LogP contribution < -0.4 is 16.4 Å². The lowest BCUT2D eigenvalue weighted by Crippen LogP contribution is -2.42. The number of benzene rings is 1. The number of carbonyl (C=O) groups excluding carboxylic acids is 2. The lowest BCUT2D eigenvalue weighted by Gasteiger charge is -2.07. The molecule has 2 amide bonds. The smallest absolute Gasteiger partial charge is 0.286 e. The number of nitrogens with one attached hydrogen (secondary N) is 3. The Bertz CT molecular complexity index is 1000. The fourth-order valence-corrected chi connectivity index (χ4v) is 2.44. The van der Waals surface area contributed by atoms with Gasteiger partial charge in [0.25, 0.3) is 17.4 Å². The molecule has 24 heavy (non-hydrogen) atoms. The average molecular weight is 325 g/mol. The summed E-state index contributed by atoms with van der Waals surface area (Å²) in [5.41, 5.74) is 4.59. The molecule has 2 heterocycles. The number of aromatic nitrogens is 1. The highest BCUT2D eigenvalue weighted by atomic mass is 16.3. The molecule has 7 nitrogen and oxygen atoms in total. The molecule has 0 saturated heterocycles. The van der Waals surface area contributed by atoms with E-state index in [9.17, 15) is 14.4 Å². The average Bonchev–Trinajstić information content (AvgIpc) is 2.90. The van der Waals surface area contributed by atoms with Gasteiger partial charge in [0, 0.05) is 5.39 Å². The molecule has 0 radical (unpaired) electrons. The molecule has 0 aliphatic carbocycles. The summed E-state index contributed by atoms with van der Waals surface area (Å²) in [6.07, 6.45) is 0. The Labute approximate surface area is 136 Å². The number of aryl methyl sites for hydroxylation is 2. The van der Waals surface area contributed by atoms with E-state index < -0.39 is 11.8 Å². The van der Waals surface area contributed by atoms with Crippen LogP contribution in [0.3, 0.4) is 0 Å². The van der Waals surface area contributed by atoms with Crippen LogP contribution in [0.2, 0.25) is 0 Å². The molecule has 0 atom stereocenters. The van der Waals surface area contributed by atoms with E-state index >= 15 is 0 Å². The topological polar surface area (TPSA) is 104 Å². The van der Waals surface area contributed by atoms with Gasteiger partial charge in [0.2, 0.25) is 0 Å². The van der Waals surface area contributed by atoms with Crippen molar-refractivity contribution < 1.29 is 14.0 Å². The number of H-pyrrole nitrogens is 1. The highest BCUT2D eigenvalue weighted by Crippen LogP contribution is 2.13. The second kappa shape index (κ2) is 6.04. The van der Waals surface area contributed by atoms with E-state index in [1.165, 1.54) is 0 Å². The summed E-state index contributed by atoms with van der Waals surface area (Å²) in [6, 6.07) is 10.0. The third-order valence-corrected chi connectivity index (χ3v) is 3.57. The van der Waals surface area contributed by atoms with E-state index in [0.29, 0.717) is 27.9 Å². The number of rotatable bonds is 2. The summed E-state index contributed by atoms with van der Waals surface area (Å²) in [4.78, 5) is 38.7. The Morgan fingerprint density at radius 2 is 1.75 bits per heavy atom. The van der Waals surface area contributed by atoms with Crippen molar-refractivity contribution >= 4 is 22.6 Å². The van der Waals surface area contributed by atoms with Crippen molar-refractivity contribution in [2.24, 2.45) is 0 Å². The first-order valence-electron chi connectivity index (χ1n) is 7.25. The Morgan fingerprint density at radius 1 is 1.04 bits per heavy atom. The van der Waals surface area contributed by atoms with Gasteiger partial charge in [-0.05, 0) is 37.4 Å². The number of hydrogen-bond donors (Lipinski definition) is 3. The Kier molecular flexibility index (Phi) is 3.91. The molecule has 0 unspecified atom stereocenters. The minimum atomic E-state index is -0.621. The van der Waals surface area contributed by atoms with E-state index in [2.05, 4.69) is 15.8 Å². The van der Waals surface area contributed by atoms with Crippen LogP contribution in [0.4, 0.5) is 0 Å². The second-order valence-corrected chi connectivity index (χ2v) is 5.33. The van der Waals surface area contributed by atoms with Crippen LogP contribution in [0.1, 0.15) is 32.4 Å². The molecule has 7 heteroatoms. The van der Waals surface area contributed by atoms with Crippen molar-refractivity contribution in [3.63, 3.8) is 0 Å². The maximum atomic E-state index is 12.1. The molecule has 3 aromatic rings. The third kappa shape index (κ3) is 2.91. The van der Waals surface area contributed by atoms with Crippen molar-refractivity contribution in [3.05, 3.63) is 69.5 Å². The summed E-state index contributed by atoms with van der Waals surface area (Å²) in [5, 5.41) is 1.13. The first-order chi connectivity index (χ1) is 11.5. The maximum absolute atomic E-state index is 12.1. The number of furan rings is 1. The van der Waals surface area contributed by atoms with E-state index in [1.807, 2.05) is 0 Å². The van der Waals surface area contributed by atoms with Gasteiger partial charge in [-0.3, -0.25) is 25.2 Å². The summed E-state index contributed by atoms with van der Waals surface area (Å²) >= 11 is 0. The molecule has 2 aromatic heterocycles. The van der Waals surface area contributed by atoms with Gasteiger partial charge in [-0.15, -0.1) is 0 Å². The second-order valence-electron chi connectivity index (χ2n) is 5.33. The van der Waals surface area contributed by atoms with Gasteiger partial charge >= 0.3 is 0 Å². The van der Waals surface area contributed by atoms with Crippen molar-refractivity contribution in [3.8, 4) is 0 Å². The monoisotopic (exact) mass is 325 g/mol. The minimum Gasteiger partial charge on any atom is -0.466 e. The Hall–Kier alpha value is -3.35. The zero-order valence-corrected chi connectivity index (χ0v) is 13.1. The largest absolute Gasteiger partial charge is 0.466 e. The molecule has 0 bridgehead atoms. The molecule has 0 spiro atoms. The number of hydrogen-bond acceptors (Lipinski definition) is 4. The van der Waals surface area contributed by atoms with Crippen LogP contribution in [0, 0.1) is 13.8 Å². The van der Waals surface area contributed by atoms with E-state index in [-0.39, 0.29) is 11.3 Å². The SMILES string of the molecule is Cc1cc(C(=O)NNC(=O)c2cc3ccccc3c(=O)[nH]2)c(C)o1. The normalized spacial score (nSPS) is 10.6. The predicted octanol–water partition coefficient (Wildman–Crippen LogP) is 1.81. The van der Waals surface area contributed by atoms with Crippen molar-refractivity contribution in [1.82, 2.24) is 15.8 Å². The van der Waals surface area contributed by atoms with Crippen LogP contribution in [0.5, 0.6) is 0 Å². The number of pyridine rings is 1. The summed E-state index contributed by atoms with van der Waals surface area (Å²) in [7, 11) is 0. The van der Waals surface area contributed by atoms with Gasteiger partial charge in [0.05, 0.1) is 5.56 Å². The van der Waals surface area contributed by atoms with Gasteiger partial charge < -0.3 is 9.40 Å². The van der Waals surface area contributed by atoms with Crippen molar-refractivity contribution in [2.45, 2.75) is 13.8 Å². The molecular weight excluding hydrogens is 310 g/mol. The van der Waals surface area contributed by atoms with Crippen molar-refractivity contribution in [2.75, 3.05) is 0 Å². The zero-order chi connectivity index (χ0) is 17.3. The Balaban J connectivity index is 1.77. The van der Waals surface area contributed by atoms with Gasteiger partial charge in [0.15, 0.2) is 0 Å². The van der Waals surface area contributed by atoms with Gasteiger partial charge in [-0.2, -0.15) is 0 Å². The molecular formula is C17H15N3O4. The van der Waals surface area contributed by atoms with Crippen LogP contribution in [0.15, 0.2) is 45.6 Å². The molecule has 0 aliphatic rings. The standard InChI is InChI=1S/C17H15N3O4/c1-9-7-13(10(2)24-9)16(22)19-20-17(23)14-8-11-5-3-4-6-12(11)15(21)18-14/h3-8H,1-2H3,(H,18,21)(H,19,22)(H,20,23). The highest BCUT2D eigenvalue weighted by molar-refractivity contribution is 6.00. The summed E-state index contributed by atoms with van der Waals surface area (Å²) in [5.74, 6) is -0.0638.